The summed E-state index contributed by atoms with van der Waals surface area (Å²) in [7, 11) is 0. The first-order valence-corrected chi connectivity index (χ1v) is 6.47. The molecule has 1 aliphatic rings. The van der Waals surface area contributed by atoms with Gasteiger partial charge in [0.2, 0.25) is 0 Å². The van der Waals surface area contributed by atoms with Crippen molar-refractivity contribution in [2.45, 2.75) is 58.5 Å². The fourth-order valence-corrected chi connectivity index (χ4v) is 2.71. The molecule has 0 aromatic heterocycles. The summed E-state index contributed by atoms with van der Waals surface area (Å²) in [5.74, 6) is -0.474. The first-order chi connectivity index (χ1) is 7.56. The van der Waals surface area contributed by atoms with Gasteiger partial charge in [-0.15, -0.1) is 0 Å². The maximum Gasteiger partial charge on any atom is 0.309 e. The van der Waals surface area contributed by atoms with Gasteiger partial charge in [-0.05, 0) is 31.1 Å². The van der Waals surface area contributed by atoms with E-state index in [1.165, 1.54) is 0 Å². The van der Waals surface area contributed by atoms with E-state index in [0.29, 0.717) is 6.42 Å². The summed E-state index contributed by atoms with van der Waals surface area (Å²) in [6.07, 6.45) is 4.97. The largest absolute Gasteiger partial charge is 0.481 e. The minimum absolute atomic E-state index is 0.198. The normalized spacial score (nSPS) is 29.7. The highest BCUT2D eigenvalue weighted by molar-refractivity contribution is 5.70. The third kappa shape index (κ3) is 3.48. The van der Waals surface area contributed by atoms with E-state index in [1.54, 1.807) is 0 Å². The topological polar surface area (TPSA) is 57.5 Å². The van der Waals surface area contributed by atoms with Crippen LogP contribution in [0.25, 0.3) is 0 Å². The number of carbonyl (C=O) groups is 1. The van der Waals surface area contributed by atoms with Gasteiger partial charge in [-0.1, -0.05) is 33.1 Å². The van der Waals surface area contributed by atoms with Crippen LogP contribution in [0.3, 0.4) is 0 Å². The molecule has 1 fully saturated rings. The first-order valence-electron chi connectivity index (χ1n) is 6.47. The Labute approximate surface area is 97.9 Å². The Hall–Kier alpha value is -0.570. The van der Waals surface area contributed by atoms with Crippen molar-refractivity contribution in [1.29, 1.82) is 0 Å². The van der Waals surface area contributed by atoms with E-state index >= 15 is 0 Å². The van der Waals surface area contributed by atoms with Crippen LogP contribution in [-0.2, 0) is 4.79 Å². The van der Waals surface area contributed by atoms with E-state index in [9.17, 15) is 9.90 Å². The van der Waals surface area contributed by atoms with Crippen molar-refractivity contribution in [3.05, 3.63) is 0 Å². The molecule has 0 aromatic carbocycles. The van der Waals surface area contributed by atoms with Crippen LogP contribution in [0, 0.1) is 17.8 Å². The van der Waals surface area contributed by atoms with Crippen molar-refractivity contribution in [3.63, 3.8) is 0 Å². The number of aliphatic hydroxyl groups is 1. The molecule has 0 aromatic rings. The lowest BCUT2D eigenvalue weighted by molar-refractivity contribution is -0.148. The molecule has 0 amide bonds. The summed E-state index contributed by atoms with van der Waals surface area (Å²) >= 11 is 0. The van der Waals surface area contributed by atoms with E-state index in [-0.39, 0.29) is 5.92 Å². The number of carboxylic acids is 1. The van der Waals surface area contributed by atoms with Gasteiger partial charge < -0.3 is 10.2 Å². The van der Waals surface area contributed by atoms with Crippen LogP contribution in [0.1, 0.15) is 52.4 Å². The molecule has 2 atom stereocenters. The Balaban J connectivity index is 2.53. The van der Waals surface area contributed by atoms with Crippen LogP contribution in [0.2, 0.25) is 0 Å². The van der Waals surface area contributed by atoms with Gasteiger partial charge in [0.15, 0.2) is 0 Å². The minimum atomic E-state index is -0.840. The van der Waals surface area contributed by atoms with Crippen LogP contribution in [0.4, 0.5) is 0 Å². The molecule has 0 saturated heterocycles. The van der Waals surface area contributed by atoms with Crippen molar-refractivity contribution in [2.24, 2.45) is 17.8 Å². The highest BCUT2D eigenvalue weighted by Gasteiger charge is 2.33. The van der Waals surface area contributed by atoms with Crippen LogP contribution in [-0.4, -0.2) is 22.3 Å². The molecule has 0 heterocycles. The zero-order valence-electron chi connectivity index (χ0n) is 10.4. The van der Waals surface area contributed by atoms with Crippen molar-refractivity contribution < 1.29 is 15.0 Å². The highest BCUT2D eigenvalue weighted by Crippen LogP contribution is 2.33. The molecule has 1 aliphatic carbocycles. The minimum Gasteiger partial charge on any atom is -0.481 e. The molecular formula is C13H24O3. The number of aliphatic carboxylic acids is 1. The summed E-state index contributed by atoms with van der Waals surface area (Å²) in [6, 6.07) is 0. The van der Waals surface area contributed by atoms with E-state index in [1.807, 2.05) is 6.92 Å². The summed E-state index contributed by atoms with van der Waals surface area (Å²) in [5, 5.41) is 19.2. The van der Waals surface area contributed by atoms with Crippen LogP contribution >= 0.6 is 0 Å². The lowest BCUT2D eigenvalue weighted by atomic mass is 9.76. The van der Waals surface area contributed by atoms with Crippen molar-refractivity contribution >= 4 is 5.97 Å². The predicted octanol–water partition coefficient (Wildman–Crippen LogP) is 2.67. The van der Waals surface area contributed by atoms with E-state index in [4.69, 9.17) is 5.11 Å². The Morgan fingerprint density at radius 2 is 1.88 bits per heavy atom. The van der Waals surface area contributed by atoms with Gasteiger partial charge in [0.05, 0.1) is 12.0 Å². The molecular weight excluding hydrogens is 204 g/mol. The average Bonchev–Trinajstić information content (AvgIpc) is 2.25. The number of hydrogen-bond donors (Lipinski definition) is 2. The zero-order valence-corrected chi connectivity index (χ0v) is 10.4. The number of aliphatic hydroxyl groups excluding tert-OH is 1. The molecule has 16 heavy (non-hydrogen) atoms. The quantitative estimate of drug-likeness (QED) is 0.760. The van der Waals surface area contributed by atoms with Gasteiger partial charge in [0.25, 0.3) is 0 Å². The lowest BCUT2D eigenvalue weighted by Gasteiger charge is -2.32. The monoisotopic (exact) mass is 228 g/mol. The molecule has 0 spiro atoms. The first kappa shape index (κ1) is 13.5. The van der Waals surface area contributed by atoms with E-state index in [2.05, 4.69) is 6.92 Å². The number of carboxylic acid groups (broad SMARTS) is 1. The summed E-state index contributed by atoms with van der Waals surface area (Å²) in [4.78, 5) is 11.1. The second-order valence-electron chi connectivity index (χ2n) is 5.24. The fourth-order valence-electron chi connectivity index (χ4n) is 2.71. The molecule has 3 heteroatoms. The zero-order chi connectivity index (χ0) is 12.1. The Kier molecular flexibility index (Phi) is 5.26. The highest BCUT2D eigenvalue weighted by atomic mass is 16.4. The van der Waals surface area contributed by atoms with Gasteiger partial charge in [0, 0.05) is 0 Å². The lowest BCUT2D eigenvalue weighted by Crippen LogP contribution is -2.36. The van der Waals surface area contributed by atoms with E-state index in [0.717, 1.165) is 38.0 Å². The smallest absolute Gasteiger partial charge is 0.309 e. The number of rotatable bonds is 5. The maximum atomic E-state index is 11.1. The van der Waals surface area contributed by atoms with Crippen LogP contribution < -0.4 is 0 Å². The second kappa shape index (κ2) is 6.24. The summed E-state index contributed by atoms with van der Waals surface area (Å²) in [6.45, 7) is 4.19. The van der Waals surface area contributed by atoms with Crippen LogP contribution in [0.5, 0.6) is 0 Å². The van der Waals surface area contributed by atoms with Crippen LogP contribution in [0.15, 0.2) is 0 Å². The van der Waals surface area contributed by atoms with Gasteiger partial charge in [-0.2, -0.15) is 0 Å². The third-order valence-electron chi connectivity index (χ3n) is 3.87. The second-order valence-corrected chi connectivity index (χ2v) is 5.24. The van der Waals surface area contributed by atoms with Gasteiger partial charge >= 0.3 is 5.97 Å². The standard InChI is InChI=1S/C13H24O3/c1-3-4-11(13(15)16)12(14)10-7-5-9(2)6-8-10/h9-12,14H,3-8H2,1-2H3,(H,15,16). The Bertz CT molecular complexity index is 219. The molecule has 0 bridgehead atoms. The van der Waals surface area contributed by atoms with Gasteiger partial charge in [-0.3, -0.25) is 4.79 Å². The third-order valence-corrected chi connectivity index (χ3v) is 3.87. The Morgan fingerprint density at radius 3 is 2.31 bits per heavy atom. The van der Waals surface area contributed by atoms with Gasteiger partial charge in [-0.25, -0.2) is 0 Å². The molecule has 0 radical (unpaired) electrons. The Morgan fingerprint density at radius 1 is 1.31 bits per heavy atom. The summed E-state index contributed by atoms with van der Waals surface area (Å²) in [5.41, 5.74) is 0. The molecule has 94 valence electrons. The molecule has 2 N–H and O–H groups in total. The number of hydrogen-bond acceptors (Lipinski definition) is 2. The summed E-state index contributed by atoms with van der Waals surface area (Å²) < 4.78 is 0. The molecule has 0 aliphatic heterocycles. The van der Waals surface area contributed by atoms with E-state index < -0.39 is 18.0 Å². The SMILES string of the molecule is CCCC(C(=O)O)C(O)C1CCC(C)CC1. The fraction of sp³-hybridized carbons (Fsp3) is 0.923. The van der Waals surface area contributed by atoms with Crippen molar-refractivity contribution in [2.75, 3.05) is 0 Å². The molecule has 1 rings (SSSR count). The average molecular weight is 228 g/mol. The van der Waals surface area contributed by atoms with Gasteiger partial charge in [0.1, 0.15) is 0 Å². The van der Waals surface area contributed by atoms with Crippen molar-refractivity contribution in [1.82, 2.24) is 0 Å². The molecule has 3 nitrogen and oxygen atoms in total. The predicted molar refractivity (Wildman–Crippen MR) is 63.2 cm³/mol. The molecule has 2 unspecified atom stereocenters. The van der Waals surface area contributed by atoms with Crippen molar-refractivity contribution in [3.8, 4) is 0 Å². The maximum absolute atomic E-state index is 11.1. The molecule has 1 saturated carbocycles.